The molecule has 3 heterocycles. The highest BCUT2D eigenvalue weighted by Crippen LogP contribution is 2.45. The van der Waals surface area contributed by atoms with Crippen molar-refractivity contribution in [1.29, 1.82) is 0 Å². The second-order valence-electron chi connectivity index (χ2n) is 6.74. The highest BCUT2D eigenvalue weighted by Gasteiger charge is 2.34. The van der Waals surface area contributed by atoms with Gasteiger partial charge in [0.25, 0.3) is 0 Å². The number of rotatable bonds is 3. The Kier molecular flexibility index (Phi) is 3.99. The Labute approximate surface area is 172 Å². The van der Waals surface area contributed by atoms with Crippen LogP contribution in [-0.4, -0.2) is 27.7 Å². The van der Waals surface area contributed by atoms with Gasteiger partial charge in [-0.2, -0.15) is 0 Å². The molecule has 5 rings (SSSR count). The Morgan fingerprint density at radius 2 is 1.86 bits per heavy atom. The first-order valence-corrected chi connectivity index (χ1v) is 9.76. The second kappa shape index (κ2) is 6.56. The average Bonchev–Trinajstić information content (AvgIpc) is 3.09. The highest BCUT2D eigenvalue weighted by molar-refractivity contribution is 7.80. The van der Waals surface area contributed by atoms with E-state index in [9.17, 15) is 4.79 Å². The zero-order valence-electron chi connectivity index (χ0n) is 16.0. The van der Waals surface area contributed by atoms with E-state index in [1.54, 1.807) is 0 Å². The van der Waals surface area contributed by atoms with Crippen LogP contribution >= 0.6 is 12.2 Å². The van der Waals surface area contributed by atoms with Gasteiger partial charge in [0.2, 0.25) is 0 Å². The summed E-state index contributed by atoms with van der Waals surface area (Å²) >= 11 is 5.70. The number of carbonyl (C=O) groups is 1. The monoisotopic (exact) mass is 402 g/mol. The van der Waals surface area contributed by atoms with Crippen LogP contribution in [0.5, 0.6) is 0 Å². The van der Waals surface area contributed by atoms with E-state index in [0.717, 1.165) is 27.5 Å². The number of aryl methyl sites for hydroxylation is 1. The number of anilines is 3. The lowest BCUT2D eigenvalue weighted by molar-refractivity contribution is 0.0590. The van der Waals surface area contributed by atoms with E-state index in [1.807, 2.05) is 71.0 Å². The van der Waals surface area contributed by atoms with Gasteiger partial charge < -0.3 is 14.6 Å². The van der Waals surface area contributed by atoms with Gasteiger partial charge in [0, 0.05) is 17.6 Å². The Morgan fingerprint density at radius 1 is 1.14 bits per heavy atom. The maximum atomic E-state index is 12.7. The van der Waals surface area contributed by atoms with Crippen LogP contribution < -0.4 is 10.2 Å². The number of methoxy groups -OCH3 is 1. The molecule has 0 saturated heterocycles. The van der Waals surface area contributed by atoms with Gasteiger partial charge in [-0.15, -0.1) is 0 Å². The minimum atomic E-state index is -0.406. The van der Waals surface area contributed by atoms with Crippen molar-refractivity contribution in [2.75, 3.05) is 17.3 Å². The van der Waals surface area contributed by atoms with Crippen molar-refractivity contribution in [3.63, 3.8) is 0 Å². The van der Waals surface area contributed by atoms with Crippen LogP contribution in [0.25, 0.3) is 21.8 Å². The molecule has 2 aromatic heterocycles. The number of nitrogens with zero attached hydrogens (tertiary/aromatic N) is 3. The summed E-state index contributed by atoms with van der Waals surface area (Å²) in [5.74, 6) is 0.303. The van der Waals surface area contributed by atoms with Crippen molar-refractivity contribution < 1.29 is 9.53 Å². The smallest absolute Gasteiger partial charge is 0.356 e. The molecule has 144 valence electrons. The van der Waals surface area contributed by atoms with E-state index in [4.69, 9.17) is 21.9 Å². The molecule has 4 aromatic rings. The summed E-state index contributed by atoms with van der Waals surface area (Å²) in [5.41, 5.74) is 3.80. The number of esters is 1. The van der Waals surface area contributed by atoms with Gasteiger partial charge in [-0.05, 0) is 37.3 Å². The molecule has 0 radical (unpaired) electrons. The molecule has 0 amide bonds. The number of aromatic nitrogens is 2. The van der Waals surface area contributed by atoms with Gasteiger partial charge in [-0.25, -0.2) is 9.78 Å². The van der Waals surface area contributed by atoms with Crippen LogP contribution in [0.4, 0.5) is 17.2 Å². The van der Waals surface area contributed by atoms with Crippen molar-refractivity contribution in [3.05, 3.63) is 60.3 Å². The van der Waals surface area contributed by atoms with Crippen molar-refractivity contribution in [2.24, 2.45) is 0 Å². The summed E-state index contributed by atoms with van der Waals surface area (Å²) in [6.45, 7) is 2.61. The standard InChI is InChI=1S/C22H18N4O2S/c1-3-25-18-14-11-7-8-12-15(14)23-20-16(18)17(19(25)21(27)28-2)24-22(29)26(20)13-9-5-4-6-10-13/h4-12H,3H2,1-2H3,(H,24,29). The molecule has 1 aliphatic rings. The third-order valence-electron chi connectivity index (χ3n) is 5.23. The number of nitrogens with one attached hydrogen (secondary N) is 1. The van der Waals surface area contributed by atoms with Gasteiger partial charge in [0.15, 0.2) is 16.6 Å². The molecule has 2 aromatic carbocycles. The average molecular weight is 402 g/mol. The fourth-order valence-electron chi connectivity index (χ4n) is 4.04. The molecule has 0 saturated carbocycles. The van der Waals surface area contributed by atoms with Crippen molar-refractivity contribution in [2.45, 2.75) is 13.5 Å². The number of benzene rings is 2. The van der Waals surface area contributed by atoms with Crippen molar-refractivity contribution in [3.8, 4) is 0 Å². The molecule has 0 aliphatic carbocycles. The summed E-state index contributed by atoms with van der Waals surface area (Å²) in [7, 11) is 1.39. The minimum Gasteiger partial charge on any atom is -0.464 e. The third kappa shape index (κ3) is 2.44. The summed E-state index contributed by atoms with van der Waals surface area (Å²) in [5, 5.41) is 5.58. The van der Waals surface area contributed by atoms with E-state index in [-0.39, 0.29) is 0 Å². The molecule has 1 N–H and O–H groups in total. The molecule has 0 atom stereocenters. The molecule has 6 nitrogen and oxygen atoms in total. The van der Waals surface area contributed by atoms with Gasteiger partial charge >= 0.3 is 5.97 Å². The topological polar surface area (TPSA) is 59.4 Å². The van der Waals surface area contributed by atoms with E-state index in [0.29, 0.717) is 28.9 Å². The number of hydrogen-bond acceptors (Lipinski definition) is 4. The largest absolute Gasteiger partial charge is 0.464 e. The fraction of sp³-hybridized carbons (Fsp3) is 0.136. The maximum absolute atomic E-state index is 12.7. The van der Waals surface area contributed by atoms with E-state index < -0.39 is 5.97 Å². The molecule has 0 spiro atoms. The lowest BCUT2D eigenvalue weighted by Gasteiger charge is -2.30. The zero-order valence-corrected chi connectivity index (χ0v) is 16.8. The van der Waals surface area contributed by atoms with Crippen LogP contribution in [0, 0.1) is 0 Å². The minimum absolute atomic E-state index is 0.406. The zero-order chi connectivity index (χ0) is 20.1. The highest BCUT2D eigenvalue weighted by atomic mass is 32.1. The molecule has 0 fully saturated rings. The lowest BCUT2D eigenvalue weighted by Crippen LogP contribution is -2.34. The Balaban J connectivity index is 1.97. The summed E-state index contributed by atoms with van der Waals surface area (Å²) in [6.07, 6.45) is 0. The first kappa shape index (κ1) is 17.6. The summed E-state index contributed by atoms with van der Waals surface area (Å²) in [4.78, 5) is 19.6. The van der Waals surface area contributed by atoms with Crippen LogP contribution in [0.15, 0.2) is 54.6 Å². The first-order valence-electron chi connectivity index (χ1n) is 9.35. The number of hydrogen-bond donors (Lipinski definition) is 1. The fourth-order valence-corrected chi connectivity index (χ4v) is 4.34. The molecule has 0 unspecified atom stereocenters. The number of thiocarbonyl (C=S) groups is 1. The van der Waals surface area contributed by atoms with Crippen LogP contribution in [0.2, 0.25) is 0 Å². The van der Waals surface area contributed by atoms with Gasteiger partial charge in [0.1, 0.15) is 0 Å². The van der Waals surface area contributed by atoms with E-state index in [1.165, 1.54) is 7.11 Å². The molecule has 1 aliphatic heterocycles. The van der Waals surface area contributed by atoms with Crippen LogP contribution in [-0.2, 0) is 11.3 Å². The van der Waals surface area contributed by atoms with E-state index >= 15 is 0 Å². The Hall–Kier alpha value is -3.45. The number of carbonyl (C=O) groups excluding carboxylic acids is 1. The predicted octanol–water partition coefficient (Wildman–Crippen LogP) is 4.84. The lowest BCUT2D eigenvalue weighted by atomic mass is 10.1. The molecular formula is C22H18N4O2S. The Morgan fingerprint density at radius 3 is 2.59 bits per heavy atom. The molecule has 7 heteroatoms. The number of pyridine rings is 1. The third-order valence-corrected chi connectivity index (χ3v) is 5.51. The molecule has 29 heavy (non-hydrogen) atoms. The normalized spacial score (nSPS) is 13.0. The van der Waals surface area contributed by atoms with Crippen LogP contribution in [0.1, 0.15) is 17.4 Å². The predicted molar refractivity (Wildman–Crippen MR) is 119 cm³/mol. The van der Waals surface area contributed by atoms with Crippen LogP contribution in [0.3, 0.4) is 0 Å². The molecule has 0 bridgehead atoms. The summed E-state index contributed by atoms with van der Waals surface area (Å²) < 4.78 is 7.08. The maximum Gasteiger partial charge on any atom is 0.356 e. The van der Waals surface area contributed by atoms with Gasteiger partial charge in [-0.3, -0.25) is 4.90 Å². The van der Waals surface area contributed by atoms with Gasteiger partial charge in [-0.1, -0.05) is 36.4 Å². The first-order chi connectivity index (χ1) is 14.2. The van der Waals surface area contributed by atoms with E-state index in [2.05, 4.69) is 5.32 Å². The second-order valence-corrected chi connectivity index (χ2v) is 7.12. The molecular weight excluding hydrogens is 384 g/mol. The summed E-state index contributed by atoms with van der Waals surface area (Å²) in [6, 6.07) is 17.8. The van der Waals surface area contributed by atoms with Crippen molar-refractivity contribution >= 4 is 62.3 Å². The SMILES string of the molecule is CCn1c(C(=O)OC)c2c3c(nc4ccccc4c31)N(c1ccccc1)C(=S)N2. The van der Waals surface area contributed by atoms with Crippen molar-refractivity contribution in [1.82, 2.24) is 9.55 Å². The quantitative estimate of drug-likeness (QED) is 0.391. The number of para-hydroxylation sites is 2. The number of ether oxygens (including phenoxy) is 1. The number of fused-ring (bicyclic) bond motifs is 2. The Bertz CT molecular complexity index is 1300. The van der Waals surface area contributed by atoms with Gasteiger partial charge in [0.05, 0.1) is 29.2 Å².